The summed E-state index contributed by atoms with van der Waals surface area (Å²) in [5.74, 6) is 0.163. The second kappa shape index (κ2) is 4.13. The number of hydrogen-bond donors (Lipinski definition) is 0. The molecule has 0 saturated heterocycles. The van der Waals surface area contributed by atoms with Crippen LogP contribution in [0.5, 0.6) is 0 Å². The maximum atomic E-state index is 11.9. The fourth-order valence-electron chi connectivity index (χ4n) is 2.25. The highest BCUT2D eigenvalue weighted by Crippen LogP contribution is 2.34. The van der Waals surface area contributed by atoms with Gasteiger partial charge in [0.15, 0.2) is 5.78 Å². The quantitative estimate of drug-likeness (QED) is 0.580. The molecule has 88 valence electrons. The summed E-state index contributed by atoms with van der Waals surface area (Å²) >= 11 is 0. The number of non-ortho nitro benzene ring substituents is 1. The first-order valence-electron chi connectivity index (χ1n) is 5.49. The maximum Gasteiger partial charge on any atom is 0.269 e. The van der Waals surface area contributed by atoms with Gasteiger partial charge in [0.25, 0.3) is 5.69 Å². The number of carbonyl (C=O) groups is 1. The summed E-state index contributed by atoms with van der Waals surface area (Å²) in [4.78, 5) is 22.0. The smallest absolute Gasteiger partial charge is 0.269 e. The highest BCUT2D eigenvalue weighted by atomic mass is 16.6. The summed E-state index contributed by atoms with van der Waals surface area (Å²) in [7, 11) is 0. The minimum atomic E-state index is -0.440. The molecule has 0 radical (unpaired) electrons. The van der Waals surface area contributed by atoms with E-state index in [2.05, 4.69) is 0 Å². The molecular formula is C13H13NO3. The zero-order valence-electron chi connectivity index (χ0n) is 9.77. The molecule has 4 heteroatoms. The van der Waals surface area contributed by atoms with Gasteiger partial charge < -0.3 is 0 Å². The number of carbonyl (C=O) groups excluding carboxylic acids is 1. The van der Waals surface area contributed by atoms with Crippen molar-refractivity contribution in [2.45, 2.75) is 20.3 Å². The second-order valence-electron chi connectivity index (χ2n) is 4.43. The van der Waals surface area contributed by atoms with Crippen LogP contribution in [0.25, 0.3) is 5.57 Å². The highest BCUT2D eigenvalue weighted by Gasteiger charge is 2.28. The van der Waals surface area contributed by atoms with E-state index in [0.717, 1.165) is 23.1 Å². The first kappa shape index (κ1) is 11.5. The average molecular weight is 231 g/mol. The van der Waals surface area contributed by atoms with Crippen LogP contribution in [-0.2, 0) is 4.79 Å². The van der Waals surface area contributed by atoms with Crippen molar-refractivity contribution in [2.75, 3.05) is 0 Å². The average Bonchev–Trinajstić information content (AvgIpc) is 2.53. The van der Waals surface area contributed by atoms with Gasteiger partial charge in [-0.3, -0.25) is 14.9 Å². The van der Waals surface area contributed by atoms with Gasteiger partial charge in [-0.25, -0.2) is 0 Å². The zero-order chi connectivity index (χ0) is 12.6. The third kappa shape index (κ3) is 1.98. The van der Waals surface area contributed by atoms with Crippen LogP contribution in [0.4, 0.5) is 5.69 Å². The van der Waals surface area contributed by atoms with Crippen LogP contribution >= 0.6 is 0 Å². The van der Waals surface area contributed by atoms with Gasteiger partial charge in [-0.05, 0) is 31.0 Å². The lowest BCUT2D eigenvalue weighted by molar-refractivity contribution is -0.384. The van der Waals surface area contributed by atoms with Gasteiger partial charge in [0.2, 0.25) is 0 Å². The Hall–Kier alpha value is -1.97. The molecule has 0 aliphatic heterocycles. The Bertz CT molecular complexity index is 514. The zero-order valence-corrected chi connectivity index (χ0v) is 9.77. The Morgan fingerprint density at radius 3 is 2.29 bits per heavy atom. The van der Waals surface area contributed by atoms with E-state index in [0.29, 0.717) is 0 Å². The van der Waals surface area contributed by atoms with Gasteiger partial charge in [-0.1, -0.05) is 12.5 Å². The van der Waals surface area contributed by atoms with E-state index in [1.807, 2.05) is 13.8 Å². The molecule has 2 rings (SSSR count). The number of nitro groups is 1. The molecule has 1 aromatic carbocycles. The maximum absolute atomic E-state index is 11.9. The lowest BCUT2D eigenvalue weighted by Gasteiger charge is -2.03. The minimum absolute atomic E-state index is 0.0280. The summed E-state index contributed by atoms with van der Waals surface area (Å²) in [5, 5.41) is 10.5. The van der Waals surface area contributed by atoms with E-state index in [1.165, 1.54) is 12.1 Å². The van der Waals surface area contributed by atoms with Gasteiger partial charge in [0.1, 0.15) is 0 Å². The number of ketones is 1. The third-order valence-corrected chi connectivity index (χ3v) is 3.10. The fourth-order valence-corrected chi connectivity index (χ4v) is 2.25. The third-order valence-electron chi connectivity index (χ3n) is 3.10. The van der Waals surface area contributed by atoms with Crippen molar-refractivity contribution in [3.8, 4) is 0 Å². The largest absolute Gasteiger partial charge is 0.294 e. The van der Waals surface area contributed by atoms with Crippen LogP contribution in [0, 0.1) is 16.0 Å². The van der Waals surface area contributed by atoms with Gasteiger partial charge in [0, 0.05) is 23.6 Å². The summed E-state index contributed by atoms with van der Waals surface area (Å²) in [5.41, 5.74) is 2.62. The van der Waals surface area contributed by atoms with Crippen molar-refractivity contribution in [3.05, 3.63) is 45.5 Å². The molecule has 0 heterocycles. The highest BCUT2D eigenvalue weighted by molar-refractivity contribution is 6.24. The first-order chi connectivity index (χ1) is 8.00. The second-order valence-corrected chi connectivity index (χ2v) is 4.43. The van der Waals surface area contributed by atoms with Crippen LogP contribution in [0.15, 0.2) is 29.8 Å². The summed E-state index contributed by atoms with van der Waals surface area (Å²) < 4.78 is 0. The van der Waals surface area contributed by atoms with Crippen molar-refractivity contribution in [1.29, 1.82) is 0 Å². The van der Waals surface area contributed by atoms with Gasteiger partial charge in [0.05, 0.1) is 4.92 Å². The minimum Gasteiger partial charge on any atom is -0.294 e. The number of rotatable bonds is 2. The van der Waals surface area contributed by atoms with Gasteiger partial charge in [-0.2, -0.15) is 0 Å². The predicted octanol–water partition coefficient (Wildman–Crippen LogP) is 2.98. The Balaban J connectivity index is 2.39. The standard InChI is InChI=1S/C13H13NO3/c1-8-7-9(2)13(15)12(8)10-3-5-11(6-4-10)14(16)17/h3-6,9H,7H2,1-2H3/t9-/m1/s1. The van der Waals surface area contributed by atoms with Crippen molar-refractivity contribution in [1.82, 2.24) is 0 Å². The lowest BCUT2D eigenvalue weighted by atomic mass is 10.00. The number of allylic oxidation sites excluding steroid dienone is 2. The molecule has 1 atom stereocenters. The summed E-state index contributed by atoms with van der Waals surface area (Å²) in [6, 6.07) is 6.16. The normalized spacial score (nSPS) is 19.9. The lowest BCUT2D eigenvalue weighted by Crippen LogP contribution is -2.05. The van der Waals surface area contributed by atoms with Crippen LogP contribution in [0.3, 0.4) is 0 Å². The molecule has 4 nitrogen and oxygen atoms in total. The van der Waals surface area contributed by atoms with E-state index in [9.17, 15) is 14.9 Å². The Morgan fingerprint density at radius 2 is 1.88 bits per heavy atom. The molecule has 1 aliphatic rings. The van der Waals surface area contributed by atoms with E-state index < -0.39 is 4.92 Å². The molecule has 0 fully saturated rings. The van der Waals surface area contributed by atoms with Crippen molar-refractivity contribution < 1.29 is 9.72 Å². The molecular weight excluding hydrogens is 218 g/mol. The summed E-state index contributed by atoms with van der Waals surface area (Å²) in [6.45, 7) is 3.85. The Labute approximate surface area is 99.1 Å². The van der Waals surface area contributed by atoms with Crippen LogP contribution < -0.4 is 0 Å². The van der Waals surface area contributed by atoms with Crippen molar-refractivity contribution in [2.24, 2.45) is 5.92 Å². The molecule has 0 spiro atoms. The molecule has 1 aliphatic carbocycles. The van der Waals surface area contributed by atoms with Gasteiger partial charge in [-0.15, -0.1) is 0 Å². The van der Waals surface area contributed by atoms with E-state index in [4.69, 9.17) is 0 Å². The number of nitro benzene ring substituents is 1. The van der Waals surface area contributed by atoms with E-state index >= 15 is 0 Å². The molecule has 0 unspecified atom stereocenters. The number of hydrogen-bond acceptors (Lipinski definition) is 3. The molecule has 0 amide bonds. The summed E-state index contributed by atoms with van der Waals surface area (Å²) in [6.07, 6.45) is 0.783. The van der Waals surface area contributed by atoms with E-state index in [1.54, 1.807) is 12.1 Å². The number of nitrogens with zero attached hydrogens (tertiary/aromatic N) is 1. The van der Waals surface area contributed by atoms with Crippen molar-refractivity contribution >= 4 is 17.0 Å². The first-order valence-corrected chi connectivity index (χ1v) is 5.49. The van der Waals surface area contributed by atoms with Crippen LogP contribution in [-0.4, -0.2) is 10.7 Å². The molecule has 0 bridgehead atoms. The molecule has 17 heavy (non-hydrogen) atoms. The Morgan fingerprint density at radius 1 is 1.29 bits per heavy atom. The van der Waals surface area contributed by atoms with Crippen LogP contribution in [0.1, 0.15) is 25.8 Å². The SMILES string of the molecule is CC1=C(c2ccc([N+](=O)[O-])cc2)C(=O)[C@H](C)C1. The molecule has 0 saturated carbocycles. The monoisotopic (exact) mass is 231 g/mol. The molecule has 1 aromatic rings. The topological polar surface area (TPSA) is 60.2 Å². The number of Topliss-reactive ketones (excluding diaryl/α,β-unsaturated/α-hetero) is 1. The van der Waals surface area contributed by atoms with Crippen LogP contribution in [0.2, 0.25) is 0 Å². The van der Waals surface area contributed by atoms with Gasteiger partial charge >= 0.3 is 0 Å². The molecule has 0 aromatic heterocycles. The van der Waals surface area contributed by atoms with E-state index in [-0.39, 0.29) is 17.4 Å². The Kier molecular flexibility index (Phi) is 2.79. The predicted molar refractivity (Wildman–Crippen MR) is 64.5 cm³/mol. The van der Waals surface area contributed by atoms with Crippen molar-refractivity contribution in [3.63, 3.8) is 0 Å². The fraction of sp³-hybridized carbons (Fsp3) is 0.308. The molecule has 0 N–H and O–H groups in total. The number of benzene rings is 1.